The Morgan fingerprint density at radius 1 is 1.36 bits per heavy atom. The first-order chi connectivity index (χ1) is 10.7. The molecule has 1 aliphatic carbocycles. The van der Waals surface area contributed by atoms with Gasteiger partial charge in [0.15, 0.2) is 0 Å². The Morgan fingerprint density at radius 3 is 2.95 bits per heavy atom. The van der Waals surface area contributed by atoms with Gasteiger partial charge in [0, 0.05) is 13.1 Å². The van der Waals surface area contributed by atoms with Crippen LogP contribution in [0.2, 0.25) is 0 Å². The second-order valence-electron chi connectivity index (χ2n) is 5.74. The number of rotatable bonds is 3. The fraction of sp³-hybridized carbons (Fsp3) is 0.438. The van der Waals surface area contributed by atoms with Crippen LogP contribution in [-0.2, 0) is 26.4 Å². The topological polar surface area (TPSA) is 71.8 Å². The number of amides is 2. The van der Waals surface area contributed by atoms with Crippen molar-refractivity contribution < 1.29 is 4.79 Å². The average molecular weight is 299 g/mol. The molecule has 0 saturated heterocycles. The van der Waals surface area contributed by atoms with E-state index in [4.69, 9.17) is 0 Å². The molecule has 1 aromatic carbocycles. The van der Waals surface area contributed by atoms with Crippen molar-refractivity contribution in [1.29, 1.82) is 0 Å². The van der Waals surface area contributed by atoms with Crippen LogP contribution < -0.4 is 10.6 Å². The van der Waals surface area contributed by atoms with Crippen molar-refractivity contribution in [3.05, 3.63) is 47.3 Å². The largest absolute Gasteiger partial charge is 0.335 e. The number of hydrogen-bond donors (Lipinski definition) is 2. The average Bonchev–Trinajstić information content (AvgIpc) is 2.80. The van der Waals surface area contributed by atoms with Gasteiger partial charge in [-0.1, -0.05) is 29.5 Å². The van der Waals surface area contributed by atoms with Crippen LogP contribution in [0.4, 0.5) is 4.79 Å². The fourth-order valence-electron chi connectivity index (χ4n) is 2.91. The van der Waals surface area contributed by atoms with Gasteiger partial charge in [-0.25, -0.2) is 4.79 Å². The van der Waals surface area contributed by atoms with Crippen molar-refractivity contribution in [3.8, 4) is 0 Å². The van der Waals surface area contributed by atoms with Crippen molar-refractivity contribution in [2.24, 2.45) is 7.05 Å². The molecule has 0 spiro atoms. The molecule has 6 nitrogen and oxygen atoms in total. The van der Waals surface area contributed by atoms with Crippen LogP contribution in [0.1, 0.15) is 29.7 Å². The summed E-state index contributed by atoms with van der Waals surface area (Å²) < 4.78 is 1.65. The van der Waals surface area contributed by atoms with Gasteiger partial charge >= 0.3 is 6.03 Å². The number of fused-ring (bicyclic) bond motifs is 1. The van der Waals surface area contributed by atoms with E-state index in [1.54, 1.807) is 10.9 Å². The number of aryl methyl sites for hydroxylation is 2. The molecule has 6 heteroatoms. The van der Waals surface area contributed by atoms with E-state index in [2.05, 4.69) is 45.2 Å². The summed E-state index contributed by atoms with van der Waals surface area (Å²) in [4.78, 5) is 12.1. The molecule has 1 aliphatic rings. The zero-order chi connectivity index (χ0) is 15.4. The molecule has 22 heavy (non-hydrogen) atoms. The van der Waals surface area contributed by atoms with Gasteiger partial charge in [0.2, 0.25) is 0 Å². The van der Waals surface area contributed by atoms with Crippen LogP contribution in [0.5, 0.6) is 0 Å². The maximum atomic E-state index is 12.1. The Morgan fingerprint density at radius 2 is 2.18 bits per heavy atom. The van der Waals surface area contributed by atoms with Crippen molar-refractivity contribution in [2.45, 2.75) is 38.3 Å². The van der Waals surface area contributed by atoms with Gasteiger partial charge in [0.05, 0.1) is 18.4 Å². The maximum Gasteiger partial charge on any atom is 0.315 e. The Balaban J connectivity index is 1.54. The molecule has 3 rings (SSSR count). The third kappa shape index (κ3) is 3.44. The maximum absolute atomic E-state index is 12.1. The lowest BCUT2D eigenvalue weighted by Crippen LogP contribution is -2.42. The fourth-order valence-corrected chi connectivity index (χ4v) is 2.91. The highest BCUT2D eigenvalue weighted by molar-refractivity contribution is 5.74. The van der Waals surface area contributed by atoms with Gasteiger partial charge in [-0.15, -0.1) is 5.10 Å². The van der Waals surface area contributed by atoms with Crippen molar-refractivity contribution in [1.82, 2.24) is 25.6 Å². The zero-order valence-corrected chi connectivity index (χ0v) is 12.7. The lowest BCUT2D eigenvalue weighted by atomic mass is 10.0. The molecular formula is C16H21N5O. The number of benzene rings is 1. The van der Waals surface area contributed by atoms with Crippen LogP contribution in [0, 0.1) is 0 Å². The lowest BCUT2D eigenvalue weighted by Gasteiger charge is -2.17. The summed E-state index contributed by atoms with van der Waals surface area (Å²) in [6, 6.07) is 8.55. The highest BCUT2D eigenvalue weighted by Crippen LogP contribution is 2.20. The highest BCUT2D eigenvalue weighted by Gasteiger charge is 2.18. The third-order valence-corrected chi connectivity index (χ3v) is 4.16. The van der Waals surface area contributed by atoms with Crippen LogP contribution in [0.3, 0.4) is 0 Å². The van der Waals surface area contributed by atoms with E-state index in [1.807, 2.05) is 7.05 Å². The minimum absolute atomic E-state index is 0.134. The van der Waals surface area contributed by atoms with Crippen LogP contribution >= 0.6 is 0 Å². The summed E-state index contributed by atoms with van der Waals surface area (Å²) in [5.41, 5.74) is 3.63. The standard InChI is InChI=1S/C16H21N5O/c1-21-15(11-18-20-21)10-17-16(22)19-14-8-4-7-12-5-2-3-6-13(12)9-14/h2-3,5-6,11,14H,4,7-10H2,1H3,(H2,17,19,22). The summed E-state index contributed by atoms with van der Waals surface area (Å²) in [6.07, 6.45) is 5.76. The minimum atomic E-state index is -0.134. The summed E-state index contributed by atoms with van der Waals surface area (Å²) >= 11 is 0. The number of nitrogens with one attached hydrogen (secondary N) is 2. The first kappa shape index (κ1) is 14.6. The molecule has 2 amide bonds. The van der Waals surface area contributed by atoms with Crippen molar-refractivity contribution in [2.75, 3.05) is 0 Å². The molecule has 1 heterocycles. The van der Waals surface area contributed by atoms with Gasteiger partial charge in [0.25, 0.3) is 0 Å². The minimum Gasteiger partial charge on any atom is -0.335 e. The van der Waals surface area contributed by atoms with Crippen molar-refractivity contribution >= 4 is 6.03 Å². The lowest BCUT2D eigenvalue weighted by molar-refractivity contribution is 0.235. The summed E-state index contributed by atoms with van der Waals surface area (Å²) in [5, 5.41) is 13.6. The van der Waals surface area contributed by atoms with Crippen LogP contribution in [0.25, 0.3) is 0 Å². The van der Waals surface area contributed by atoms with Gasteiger partial charge in [-0.3, -0.25) is 4.68 Å². The number of nitrogens with zero attached hydrogens (tertiary/aromatic N) is 3. The zero-order valence-electron chi connectivity index (χ0n) is 12.7. The monoisotopic (exact) mass is 299 g/mol. The normalized spacial score (nSPS) is 17.4. The van der Waals surface area contributed by atoms with Gasteiger partial charge in [0.1, 0.15) is 0 Å². The van der Waals surface area contributed by atoms with Crippen molar-refractivity contribution in [3.63, 3.8) is 0 Å². The molecule has 1 aromatic heterocycles. The Kier molecular flexibility index (Phi) is 4.37. The van der Waals surface area contributed by atoms with E-state index >= 15 is 0 Å². The Labute approximate surface area is 129 Å². The molecule has 0 saturated carbocycles. The third-order valence-electron chi connectivity index (χ3n) is 4.16. The molecule has 2 aromatic rings. The summed E-state index contributed by atoms with van der Waals surface area (Å²) in [5.74, 6) is 0. The molecule has 0 bridgehead atoms. The quantitative estimate of drug-likeness (QED) is 0.845. The molecule has 1 atom stereocenters. The predicted molar refractivity (Wildman–Crippen MR) is 83.2 cm³/mol. The molecule has 2 N–H and O–H groups in total. The smallest absolute Gasteiger partial charge is 0.315 e. The van der Waals surface area contributed by atoms with Crippen LogP contribution in [0.15, 0.2) is 30.5 Å². The molecule has 0 fully saturated rings. The van der Waals surface area contributed by atoms with Gasteiger partial charge < -0.3 is 10.6 Å². The number of carbonyl (C=O) groups excluding carboxylic acids is 1. The summed E-state index contributed by atoms with van der Waals surface area (Å²) in [7, 11) is 1.81. The predicted octanol–water partition coefficient (Wildman–Crippen LogP) is 1.56. The second-order valence-corrected chi connectivity index (χ2v) is 5.74. The van der Waals surface area contributed by atoms with Crippen LogP contribution in [-0.4, -0.2) is 27.1 Å². The number of carbonyl (C=O) groups is 1. The highest BCUT2D eigenvalue weighted by atomic mass is 16.2. The molecule has 0 radical (unpaired) electrons. The molecule has 1 unspecified atom stereocenters. The van der Waals surface area contributed by atoms with Gasteiger partial charge in [-0.05, 0) is 36.8 Å². The van der Waals surface area contributed by atoms with E-state index in [-0.39, 0.29) is 12.1 Å². The van der Waals surface area contributed by atoms with E-state index in [1.165, 1.54) is 11.1 Å². The summed E-state index contributed by atoms with van der Waals surface area (Å²) in [6.45, 7) is 0.429. The SMILES string of the molecule is Cn1nncc1CNC(=O)NC1CCCc2ccccc2C1. The van der Waals surface area contributed by atoms with E-state index < -0.39 is 0 Å². The number of aromatic nitrogens is 3. The Hall–Kier alpha value is -2.37. The molecule has 0 aliphatic heterocycles. The number of hydrogen-bond acceptors (Lipinski definition) is 3. The van der Waals surface area contributed by atoms with Gasteiger partial charge in [-0.2, -0.15) is 0 Å². The van der Waals surface area contributed by atoms with E-state index in [9.17, 15) is 4.79 Å². The first-order valence-electron chi connectivity index (χ1n) is 7.67. The number of urea groups is 1. The van der Waals surface area contributed by atoms with E-state index in [0.29, 0.717) is 6.54 Å². The first-order valence-corrected chi connectivity index (χ1v) is 7.67. The Bertz CT molecular complexity index is 651. The molecular weight excluding hydrogens is 278 g/mol. The molecule has 116 valence electrons. The second kappa shape index (κ2) is 6.60. The van der Waals surface area contributed by atoms with E-state index in [0.717, 1.165) is 31.4 Å².